The van der Waals surface area contributed by atoms with Gasteiger partial charge in [0.1, 0.15) is 0 Å². The molecule has 1 fully saturated rings. The number of thiazole rings is 1. The zero-order valence-corrected chi connectivity index (χ0v) is 11.8. The van der Waals surface area contributed by atoms with Crippen molar-refractivity contribution in [3.8, 4) is 0 Å². The predicted molar refractivity (Wildman–Crippen MR) is 76.5 cm³/mol. The maximum absolute atomic E-state index is 4.83. The number of nitrogens with one attached hydrogen (secondary N) is 1. The average molecular weight is 264 g/mol. The fourth-order valence-electron chi connectivity index (χ4n) is 2.43. The summed E-state index contributed by atoms with van der Waals surface area (Å²) >= 11 is 1.71. The van der Waals surface area contributed by atoms with Crippen LogP contribution in [0.25, 0.3) is 4.96 Å². The van der Waals surface area contributed by atoms with Gasteiger partial charge < -0.3 is 10.2 Å². The molecule has 1 N–H and O–H groups in total. The fourth-order valence-corrected chi connectivity index (χ4v) is 3.15. The highest BCUT2D eigenvalue weighted by Crippen LogP contribution is 2.34. The molecule has 2 aromatic rings. The molecule has 2 heterocycles. The summed E-state index contributed by atoms with van der Waals surface area (Å²) in [5.74, 6) is 1.19. The number of hydrogen-bond donors (Lipinski definition) is 1. The Morgan fingerprint density at radius 3 is 3.00 bits per heavy atom. The first-order valence-electron chi connectivity index (χ1n) is 6.77. The Hall–Kier alpha value is -1.07. The van der Waals surface area contributed by atoms with Crippen LogP contribution in [0.2, 0.25) is 0 Å². The normalized spacial score (nSPS) is 15.4. The second-order valence-electron chi connectivity index (χ2n) is 4.74. The third kappa shape index (κ3) is 2.01. The predicted octanol–water partition coefficient (Wildman–Crippen LogP) is 2.49. The Kier molecular flexibility index (Phi) is 3.26. The Balaban J connectivity index is 1.99. The molecule has 0 bridgehead atoms. The third-order valence-electron chi connectivity index (χ3n) is 3.48. The maximum Gasteiger partial charge on any atom is 0.195 e. The Labute approximate surface area is 112 Å². The van der Waals surface area contributed by atoms with Crippen LogP contribution >= 0.6 is 11.3 Å². The second kappa shape index (κ2) is 4.90. The van der Waals surface area contributed by atoms with Gasteiger partial charge in [0, 0.05) is 30.7 Å². The molecule has 2 aromatic heterocycles. The van der Waals surface area contributed by atoms with E-state index in [1.165, 1.54) is 24.4 Å². The van der Waals surface area contributed by atoms with E-state index >= 15 is 0 Å². The molecule has 0 aliphatic heterocycles. The van der Waals surface area contributed by atoms with Crippen molar-refractivity contribution >= 4 is 22.1 Å². The number of fused-ring (bicyclic) bond motifs is 1. The topological polar surface area (TPSA) is 32.6 Å². The van der Waals surface area contributed by atoms with Gasteiger partial charge in [0.2, 0.25) is 0 Å². The van der Waals surface area contributed by atoms with E-state index < -0.39 is 0 Å². The first-order valence-corrected chi connectivity index (χ1v) is 7.64. The summed E-state index contributed by atoms with van der Waals surface area (Å²) in [6.45, 7) is 7.31. The van der Waals surface area contributed by atoms with Gasteiger partial charge >= 0.3 is 0 Å². The summed E-state index contributed by atoms with van der Waals surface area (Å²) < 4.78 is 2.23. The van der Waals surface area contributed by atoms with Crippen LogP contribution in [-0.4, -0.2) is 28.5 Å². The van der Waals surface area contributed by atoms with Crippen LogP contribution in [0.3, 0.4) is 0 Å². The minimum Gasteiger partial charge on any atom is -0.352 e. The van der Waals surface area contributed by atoms with Gasteiger partial charge in [-0.05, 0) is 26.3 Å². The molecule has 4 nitrogen and oxygen atoms in total. The molecule has 1 aliphatic rings. The minimum absolute atomic E-state index is 0.722. The van der Waals surface area contributed by atoms with Crippen molar-refractivity contribution in [2.45, 2.75) is 39.3 Å². The van der Waals surface area contributed by atoms with Crippen molar-refractivity contribution in [1.82, 2.24) is 14.7 Å². The van der Waals surface area contributed by atoms with E-state index in [0.717, 1.165) is 30.6 Å². The summed E-state index contributed by atoms with van der Waals surface area (Å²) in [5.41, 5.74) is 1.31. The highest BCUT2D eigenvalue weighted by atomic mass is 32.1. The van der Waals surface area contributed by atoms with Crippen LogP contribution in [0.4, 0.5) is 5.82 Å². The molecule has 0 saturated heterocycles. The molecule has 1 aliphatic carbocycles. The number of aromatic nitrogens is 2. The molecule has 0 aromatic carbocycles. The molecule has 0 atom stereocenters. The lowest BCUT2D eigenvalue weighted by molar-refractivity contribution is 0.697. The summed E-state index contributed by atoms with van der Waals surface area (Å²) in [6.07, 6.45) is 4.77. The number of anilines is 1. The second-order valence-corrected chi connectivity index (χ2v) is 5.61. The standard InChI is InChI=1S/C13H20N4S/c1-3-14-9-11-12(16(4-2)10-5-6-10)15-13-17(11)7-8-18-13/h7-8,10,14H,3-6,9H2,1-2H3. The molecular formula is C13H20N4S. The molecule has 5 heteroatoms. The molecule has 1 saturated carbocycles. The van der Waals surface area contributed by atoms with Crippen molar-refractivity contribution in [2.24, 2.45) is 0 Å². The summed E-state index contributed by atoms with van der Waals surface area (Å²) in [4.78, 5) is 8.40. The SMILES string of the molecule is CCNCc1c(N(CC)C2CC2)nc2sccn12. The summed E-state index contributed by atoms with van der Waals surface area (Å²) in [6, 6.07) is 0.722. The van der Waals surface area contributed by atoms with E-state index in [9.17, 15) is 0 Å². The lowest BCUT2D eigenvalue weighted by Gasteiger charge is -2.21. The largest absolute Gasteiger partial charge is 0.352 e. The lowest BCUT2D eigenvalue weighted by atomic mass is 10.3. The van der Waals surface area contributed by atoms with E-state index in [-0.39, 0.29) is 0 Å². The van der Waals surface area contributed by atoms with Crippen molar-refractivity contribution in [2.75, 3.05) is 18.0 Å². The molecule has 0 radical (unpaired) electrons. The van der Waals surface area contributed by atoms with Gasteiger partial charge in [0.25, 0.3) is 0 Å². The Morgan fingerprint density at radius 2 is 2.33 bits per heavy atom. The van der Waals surface area contributed by atoms with Crippen LogP contribution in [-0.2, 0) is 6.54 Å². The quantitative estimate of drug-likeness (QED) is 0.870. The Bertz CT molecular complexity index is 526. The van der Waals surface area contributed by atoms with Crippen molar-refractivity contribution in [3.63, 3.8) is 0 Å². The van der Waals surface area contributed by atoms with Gasteiger partial charge in [0.05, 0.1) is 5.69 Å². The summed E-state index contributed by atoms with van der Waals surface area (Å²) in [7, 11) is 0. The first-order chi connectivity index (χ1) is 8.85. The van der Waals surface area contributed by atoms with E-state index in [1.807, 2.05) is 0 Å². The van der Waals surface area contributed by atoms with Crippen molar-refractivity contribution < 1.29 is 0 Å². The van der Waals surface area contributed by atoms with Crippen molar-refractivity contribution in [1.29, 1.82) is 0 Å². The van der Waals surface area contributed by atoms with E-state index in [2.05, 4.69) is 40.0 Å². The molecule has 3 rings (SSSR count). The van der Waals surface area contributed by atoms with Gasteiger partial charge in [-0.1, -0.05) is 6.92 Å². The van der Waals surface area contributed by atoms with Gasteiger partial charge in [-0.2, -0.15) is 0 Å². The number of rotatable bonds is 6. The van der Waals surface area contributed by atoms with Crippen LogP contribution in [0.1, 0.15) is 32.4 Å². The van der Waals surface area contributed by atoms with E-state index in [1.54, 1.807) is 11.3 Å². The maximum atomic E-state index is 4.83. The lowest BCUT2D eigenvalue weighted by Crippen LogP contribution is -2.27. The Morgan fingerprint density at radius 1 is 1.50 bits per heavy atom. The molecule has 0 amide bonds. The molecule has 98 valence electrons. The monoisotopic (exact) mass is 264 g/mol. The number of hydrogen-bond acceptors (Lipinski definition) is 4. The van der Waals surface area contributed by atoms with Gasteiger partial charge in [0.15, 0.2) is 10.8 Å². The molecule has 18 heavy (non-hydrogen) atoms. The zero-order valence-electron chi connectivity index (χ0n) is 11.0. The van der Waals surface area contributed by atoms with Gasteiger partial charge in [-0.25, -0.2) is 4.98 Å². The van der Waals surface area contributed by atoms with Gasteiger partial charge in [-0.3, -0.25) is 4.40 Å². The number of imidazole rings is 1. The fraction of sp³-hybridized carbons (Fsp3) is 0.615. The molecule has 0 spiro atoms. The van der Waals surface area contributed by atoms with E-state index in [4.69, 9.17) is 4.98 Å². The summed E-state index contributed by atoms with van der Waals surface area (Å²) in [5, 5.41) is 5.53. The van der Waals surface area contributed by atoms with Gasteiger partial charge in [-0.15, -0.1) is 11.3 Å². The van der Waals surface area contributed by atoms with Crippen LogP contribution in [0.15, 0.2) is 11.6 Å². The zero-order chi connectivity index (χ0) is 12.5. The third-order valence-corrected chi connectivity index (χ3v) is 4.24. The van der Waals surface area contributed by atoms with Crippen molar-refractivity contribution in [3.05, 3.63) is 17.3 Å². The molecule has 0 unspecified atom stereocenters. The van der Waals surface area contributed by atoms with Crippen LogP contribution < -0.4 is 10.2 Å². The highest BCUT2D eigenvalue weighted by molar-refractivity contribution is 7.15. The van der Waals surface area contributed by atoms with Crippen LogP contribution in [0, 0.1) is 0 Å². The highest BCUT2D eigenvalue weighted by Gasteiger charge is 2.31. The minimum atomic E-state index is 0.722. The molecular weight excluding hydrogens is 244 g/mol. The average Bonchev–Trinajstić information content (AvgIpc) is 2.99. The van der Waals surface area contributed by atoms with Crippen LogP contribution in [0.5, 0.6) is 0 Å². The number of nitrogens with zero attached hydrogens (tertiary/aromatic N) is 3. The first kappa shape index (κ1) is 12.0. The smallest absolute Gasteiger partial charge is 0.195 e. The van der Waals surface area contributed by atoms with E-state index in [0.29, 0.717) is 0 Å².